The summed E-state index contributed by atoms with van der Waals surface area (Å²) in [6.07, 6.45) is 2.42. The highest BCUT2D eigenvalue weighted by Crippen LogP contribution is 2.31. The molecule has 0 atom stereocenters. The number of carboxylic acid groups (broad SMARTS) is 1. The van der Waals surface area contributed by atoms with Crippen LogP contribution in [0.5, 0.6) is 0 Å². The van der Waals surface area contributed by atoms with Crippen molar-refractivity contribution in [2.75, 3.05) is 0 Å². The Balaban J connectivity index is 1.80. The predicted molar refractivity (Wildman–Crippen MR) is 105 cm³/mol. The predicted octanol–water partition coefficient (Wildman–Crippen LogP) is 4.40. The van der Waals surface area contributed by atoms with Crippen molar-refractivity contribution in [3.8, 4) is 0 Å². The molecule has 4 heteroatoms. The van der Waals surface area contributed by atoms with Crippen molar-refractivity contribution in [1.29, 1.82) is 0 Å². The number of hydrogen-bond donors (Lipinski definition) is 2. The molecule has 1 fully saturated rings. The Morgan fingerprint density at radius 3 is 1.81 bits per heavy atom. The van der Waals surface area contributed by atoms with Crippen molar-refractivity contribution < 1.29 is 14.7 Å². The summed E-state index contributed by atoms with van der Waals surface area (Å²) in [5, 5.41) is 12.4. The first-order valence-electron chi connectivity index (χ1n) is 9.60. The molecule has 1 amide bonds. The molecule has 0 aliphatic heterocycles. The fourth-order valence-corrected chi connectivity index (χ4v) is 3.92. The van der Waals surface area contributed by atoms with Crippen molar-refractivity contribution in [2.45, 2.75) is 45.6 Å². The van der Waals surface area contributed by atoms with Crippen molar-refractivity contribution in [2.24, 2.45) is 11.8 Å². The van der Waals surface area contributed by atoms with Gasteiger partial charge in [-0.1, -0.05) is 59.7 Å². The number of amides is 1. The molecule has 0 saturated heterocycles. The van der Waals surface area contributed by atoms with Gasteiger partial charge < -0.3 is 10.4 Å². The number of hydrogen-bond acceptors (Lipinski definition) is 2. The van der Waals surface area contributed by atoms with Gasteiger partial charge in [-0.2, -0.15) is 0 Å². The second kappa shape index (κ2) is 8.38. The quantitative estimate of drug-likeness (QED) is 0.825. The molecule has 0 bridgehead atoms. The second-order valence-corrected chi connectivity index (χ2v) is 7.66. The van der Waals surface area contributed by atoms with E-state index in [1.54, 1.807) is 0 Å². The van der Waals surface area contributed by atoms with Gasteiger partial charge in [0.25, 0.3) is 0 Å². The van der Waals surface area contributed by atoms with Crippen molar-refractivity contribution in [3.05, 3.63) is 70.8 Å². The first-order chi connectivity index (χ1) is 12.9. The lowest BCUT2D eigenvalue weighted by atomic mass is 9.81. The highest BCUT2D eigenvalue weighted by atomic mass is 16.4. The minimum Gasteiger partial charge on any atom is -0.481 e. The van der Waals surface area contributed by atoms with Crippen LogP contribution in [-0.4, -0.2) is 17.0 Å². The number of nitrogens with one attached hydrogen (secondary N) is 1. The van der Waals surface area contributed by atoms with Gasteiger partial charge in [0.15, 0.2) is 0 Å². The Hall–Kier alpha value is -2.62. The molecule has 27 heavy (non-hydrogen) atoms. The lowest BCUT2D eigenvalue weighted by molar-refractivity contribution is -0.144. The first-order valence-corrected chi connectivity index (χ1v) is 9.60. The maximum atomic E-state index is 12.9. The first kappa shape index (κ1) is 19.2. The van der Waals surface area contributed by atoms with Crippen LogP contribution >= 0.6 is 0 Å². The fourth-order valence-electron chi connectivity index (χ4n) is 3.92. The maximum Gasteiger partial charge on any atom is 0.306 e. The van der Waals surface area contributed by atoms with Gasteiger partial charge in [-0.25, -0.2) is 0 Å². The number of aliphatic carboxylic acids is 1. The van der Waals surface area contributed by atoms with E-state index in [1.165, 1.54) is 0 Å². The average Bonchev–Trinajstić information content (AvgIpc) is 2.66. The van der Waals surface area contributed by atoms with Gasteiger partial charge in [0.1, 0.15) is 0 Å². The van der Waals surface area contributed by atoms with E-state index in [4.69, 9.17) is 5.11 Å². The Bertz CT molecular complexity index is 776. The van der Waals surface area contributed by atoms with E-state index in [9.17, 15) is 9.59 Å². The molecule has 0 heterocycles. The zero-order valence-electron chi connectivity index (χ0n) is 15.9. The number of rotatable bonds is 5. The van der Waals surface area contributed by atoms with Crippen LogP contribution < -0.4 is 5.32 Å². The number of carboxylic acids is 1. The van der Waals surface area contributed by atoms with E-state index >= 15 is 0 Å². The summed E-state index contributed by atoms with van der Waals surface area (Å²) < 4.78 is 0. The van der Waals surface area contributed by atoms with E-state index < -0.39 is 5.97 Å². The molecule has 4 nitrogen and oxygen atoms in total. The van der Waals surface area contributed by atoms with Crippen LogP contribution in [0.15, 0.2) is 48.5 Å². The second-order valence-electron chi connectivity index (χ2n) is 7.66. The molecule has 0 unspecified atom stereocenters. The Morgan fingerprint density at radius 2 is 1.37 bits per heavy atom. The molecule has 3 rings (SSSR count). The minimum absolute atomic E-state index is 0.0202. The zero-order valence-corrected chi connectivity index (χ0v) is 15.9. The van der Waals surface area contributed by atoms with Crippen LogP contribution in [0.4, 0.5) is 0 Å². The van der Waals surface area contributed by atoms with Crippen molar-refractivity contribution >= 4 is 11.9 Å². The highest BCUT2D eigenvalue weighted by molar-refractivity contribution is 5.80. The Morgan fingerprint density at radius 1 is 0.889 bits per heavy atom. The molecule has 142 valence electrons. The van der Waals surface area contributed by atoms with Crippen LogP contribution in [0.3, 0.4) is 0 Å². The third-order valence-corrected chi connectivity index (χ3v) is 5.48. The van der Waals surface area contributed by atoms with Crippen LogP contribution in [0.25, 0.3) is 0 Å². The SMILES string of the molecule is Cc1cccc(C(NC(=O)C2CCC(C(=O)O)CC2)c2cccc(C)c2)c1. The van der Waals surface area contributed by atoms with E-state index in [-0.39, 0.29) is 23.8 Å². The molecule has 0 radical (unpaired) electrons. The molecule has 2 aromatic rings. The summed E-state index contributed by atoms with van der Waals surface area (Å²) in [5.41, 5.74) is 4.43. The van der Waals surface area contributed by atoms with E-state index in [1.807, 2.05) is 50.2 Å². The van der Waals surface area contributed by atoms with Crippen LogP contribution in [0.2, 0.25) is 0 Å². The average molecular weight is 365 g/mol. The molecule has 0 aromatic heterocycles. The molecular weight excluding hydrogens is 338 g/mol. The van der Waals surface area contributed by atoms with Crippen molar-refractivity contribution in [3.63, 3.8) is 0 Å². The van der Waals surface area contributed by atoms with Gasteiger partial charge in [0.2, 0.25) is 5.91 Å². The number of carbonyl (C=O) groups is 2. The number of aryl methyl sites for hydroxylation is 2. The Labute approximate surface area is 160 Å². The Kier molecular flexibility index (Phi) is 5.94. The lowest BCUT2D eigenvalue weighted by Gasteiger charge is -2.28. The topological polar surface area (TPSA) is 66.4 Å². The summed E-state index contributed by atoms with van der Waals surface area (Å²) in [5.74, 6) is -1.14. The van der Waals surface area contributed by atoms with Crippen LogP contribution in [0.1, 0.15) is 54.0 Å². The van der Waals surface area contributed by atoms with Gasteiger partial charge in [-0.05, 0) is 50.7 Å². The minimum atomic E-state index is -0.744. The summed E-state index contributed by atoms with van der Waals surface area (Å²) >= 11 is 0. The summed E-state index contributed by atoms with van der Waals surface area (Å²) in [6.45, 7) is 4.09. The molecule has 1 aliphatic carbocycles. The number of benzene rings is 2. The summed E-state index contributed by atoms with van der Waals surface area (Å²) in [7, 11) is 0. The third-order valence-electron chi connectivity index (χ3n) is 5.48. The van der Waals surface area contributed by atoms with Gasteiger partial charge in [0.05, 0.1) is 12.0 Å². The van der Waals surface area contributed by atoms with Gasteiger partial charge in [-0.3, -0.25) is 9.59 Å². The maximum absolute atomic E-state index is 12.9. The molecule has 0 spiro atoms. The molecule has 2 aromatic carbocycles. The summed E-state index contributed by atoms with van der Waals surface area (Å²) in [6, 6.07) is 16.2. The van der Waals surface area contributed by atoms with Crippen LogP contribution in [-0.2, 0) is 9.59 Å². The molecule has 1 saturated carbocycles. The van der Waals surface area contributed by atoms with E-state index in [0.29, 0.717) is 25.7 Å². The lowest BCUT2D eigenvalue weighted by Crippen LogP contribution is -2.37. The number of carbonyl (C=O) groups excluding carboxylic acids is 1. The molecule has 1 aliphatic rings. The third kappa shape index (κ3) is 4.76. The largest absolute Gasteiger partial charge is 0.481 e. The van der Waals surface area contributed by atoms with Crippen LogP contribution in [0, 0.1) is 25.7 Å². The molecule has 2 N–H and O–H groups in total. The van der Waals surface area contributed by atoms with Gasteiger partial charge >= 0.3 is 5.97 Å². The zero-order chi connectivity index (χ0) is 19.4. The van der Waals surface area contributed by atoms with Gasteiger partial charge in [0, 0.05) is 5.92 Å². The van der Waals surface area contributed by atoms with Gasteiger partial charge in [-0.15, -0.1) is 0 Å². The fraction of sp³-hybridized carbons (Fsp3) is 0.391. The van der Waals surface area contributed by atoms with E-state index in [2.05, 4.69) is 17.4 Å². The highest BCUT2D eigenvalue weighted by Gasteiger charge is 2.31. The smallest absolute Gasteiger partial charge is 0.306 e. The summed E-state index contributed by atoms with van der Waals surface area (Å²) in [4.78, 5) is 24.1. The van der Waals surface area contributed by atoms with Crippen molar-refractivity contribution in [1.82, 2.24) is 5.32 Å². The monoisotopic (exact) mass is 365 g/mol. The standard InChI is InChI=1S/C23H27NO3/c1-15-5-3-7-19(13-15)21(20-8-4-6-16(2)14-20)24-22(25)17-9-11-18(12-10-17)23(26)27/h3-8,13-14,17-18,21H,9-12H2,1-2H3,(H,24,25)(H,26,27). The molecular formula is C23H27NO3. The normalized spacial score (nSPS) is 19.7. The van der Waals surface area contributed by atoms with E-state index in [0.717, 1.165) is 22.3 Å².